The van der Waals surface area contributed by atoms with Gasteiger partial charge in [0.1, 0.15) is 0 Å². The Bertz CT molecular complexity index is 329. The molecule has 90 valence electrons. The molecule has 2 rings (SSSR count). The molecule has 1 N–H and O–H groups in total. The van der Waals surface area contributed by atoms with Crippen LogP contribution in [0.15, 0.2) is 0 Å². The number of tetrazole rings is 1. The van der Waals surface area contributed by atoms with Crippen molar-refractivity contribution in [1.82, 2.24) is 25.5 Å². The van der Waals surface area contributed by atoms with E-state index in [1.165, 1.54) is 12.8 Å². The van der Waals surface area contributed by atoms with Crippen LogP contribution in [0.5, 0.6) is 0 Å². The fraction of sp³-hybridized carbons (Fsp3) is 0.909. The molecule has 1 heterocycles. The zero-order valence-electron chi connectivity index (χ0n) is 10.3. The molecule has 0 aromatic carbocycles. The molecule has 1 aromatic rings. The molecule has 1 unspecified atom stereocenters. The lowest BCUT2D eigenvalue weighted by Crippen LogP contribution is -2.22. The highest BCUT2D eigenvalue weighted by Gasteiger charge is 2.21. The maximum absolute atomic E-state index is 4.07. The van der Waals surface area contributed by atoms with Crippen LogP contribution in [0.1, 0.15) is 39.4 Å². The molecule has 1 saturated carbocycles. The molecule has 1 fully saturated rings. The molecule has 0 spiro atoms. The summed E-state index contributed by atoms with van der Waals surface area (Å²) in [6.07, 6.45) is 2.59. The van der Waals surface area contributed by atoms with Gasteiger partial charge in [0, 0.05) is 12.6 Å². The first-order chi connectivity index (χ1) is 7.66. The van der Waals surface area contributed by atoms with Crippen LogP contribution in [-0.2, 0) is 13.1 Å². The van der Waals surface area contributed by atoms with E-state index in [0.29, 0.717) is 17.9 Å². The van der Waals surface area contributed by atoms with Crippen LogP contribution in [0, 0.1) is 11.8 Å². The first-order valence-electron chi connectivity index (χ1n) is 6.15. The third-order valence-electron chi connectivity index (χ3n) is 3.33. The van der Waals surface area contributed by atoms with Gasteiger partial charge < -0.3 is 5.32 Å². The van der Waals surface area contributed by atoms with Gasteiger partial charge in [0.15, 0.2) is 5.82 Å². The molecule has 0 aliphatic heterocycles. The standard InChI is InChI=1S/C11H21N5/c1-8(2)9(3)7-16-11(13-14-15-16)6-12-10-4-5-10/h8-10,12H,4-7H2,1-3H3. The lowest BCUT2D eigenvalue weighted by Gasteiger charge is -2.15. The molecule has 0 radical (unpaired) electrons. The lowest BCUT2D eigenvalue weighted by molar-refractivity contribution is 0.338. The number of hydrogen-bond donors (Lipinski definition) is 1. The summed E-state index contributed by atoms with van der Waals surface area (Å²) in [5, 5.41) is 15.3. The fourth-order valence-corrected chi connectivity index (χ4v) is 1.50. The van der Waals surface area contributed by atoms with E-state index < -0.39 is 0 Å². The van der Waals surface area contributed by atoms with Crippen LogP contribution >= 0.6 is 0 Å². The molecule has 0 saturated heterocycles. The maximum atomic E-state index is 4.07. The number of aromatic nitrogens is 4. The van der Waals surface area contributed by atoms with Gasteiger partial charge in [-0.25, -0.2) is 4.68 Å². The summed E-state index contributed by atoms with van der Waals surface area (Å²) in [7, 11) is 0. The van der Waals surface area contributed by atoms with Crippen molar-refractivity contribution in [2.24, 2.45) is 11.8 Å². The fourth-order valence-electron chi connectivity index (χ4n) is 1.50. The van der Waals surface area contributed by atoms with Crippen molar-refractivity contribution >= 4 is 0 Å². The van der Waals surface area contributed by atoms with Gasteiger partial charge in [-0.05, 0) is 35.1 Å². The van der Waals surface area contributed by atoms with Gasteiger partial charge in [0.05, 0.1) is 6.54 Å². The molecule has 16 heavy (non-hydrogen) atoms. The van der Waals surface area contributed by atoms with Crippen LogP contribution in [0.25, 0.3) is 0 Å². The Balaban J connectivity index is 1.89. The summed E-state index contributed by atoms with van der Waals surface area (Å²) < 4.78 is 1.93. The molecule has 1 atom stereocenters. The number of nitrogens with zero attached hydrogens (tertiary/aromatic N) is 4. The third-order valence-corrected chi connectivity index (χ3v) is 3.33. The zero-order valence-corrected chi connectivity index (χ0v) is 10.3. The van der Waals surface area contributed by atoms with Crippen molar-refractivity contribution in [2.45, 2.75) is 52.7 Å². The molecule has 5 nitrogen and oxygen atoms in total. The van der Waals surface area contributed by atoms with Crippen LogP contribution in [-0.4, -0.2) is 26.2 Å². The molecular formula is C11H21N5. The van der Waals surface area contributed by atoms with Gasteiger partial charge in [0.25, 0.3) is 0 Å². The van der Waals surface area contributed by atoms with Gasteiger partial charge in [0.2, 0.25) is 0 Å². The quantitative estimate of drug-likeness (QED) is 0.787. The molecule has 1 aliphatic rings. The Kier molecular flexibility index (Phi) is 3.53. The predicted molar refractivity (Wildman–Crippen MR) is 61.7 cm³/mol. The summed E-state index contributed by atoms with van der Waals surface area (Å²) in [6, 6.07) is 0.702. The van der Waals surface area contributed by atoms with Crippen molar-refractivity contribution in [2.75, 3.05) is 0 Å². The second kappa shape index (κ2) is 4.91. The van der Waals surface area contributed by atoms with Crippen LogP contribution in [0.2, 0.25) is 0 Å². The van der Waals surface area contributed by atoms with Gasteiger partial charge >= 0.3 is 0 Å². The summed E-state index contributed by atoms with van der Waals surface area (Å²) in [4.78, 5) is 0. The van der Waals surface area contributed by atoms with Crippen LogP contribution < -0.4 is 5.32 Å². The second-order valence-electron chi connectivity index (χ2n) is 5.15. The van der Waals surface area contributed by atoms with Crippen molar-refractivity contribution in [3.63, 3.8) is 0 Å². The van der Waals surface area contributed by atoms with Crippen molar-refractivity contribution in [1.29, 1.82) is 0 Å². The summed E-state index contributed by atoms with van der Waals surface area (Å²) in [6.45, 7) is 8.41. The van der Waals surface area contributed by atoms with E-state index in [-0.39, 0.29) is 0 Å². The molecule has 5 heteroatoms. The SMILES string of the molecule is CC(C)C(C)Cn1nnnc1CNC1CC1. The van der Waals surface area contributed by atoms with Crippen molar-refractivity contribution in [3.05, 3.63) is 5.82 Å². The molecule has 0 bridgehead atoms. The van der Waals surface area contributed by atoms with E-state index in [9.17, 15) is 0 Å². The average molecular weight is 223 g/mol. The van der Waals surface area contributed by atoms with Gasteiger partial charge in [-0.3, -0.25) is 0 Å². The third kappa shape index (κ3) is 3.01. The monoisotopic (exact) mass is 223 g/mol. The summed E-state index contributed by atoms with van der Waals surface area (Å²) in [5.74, 6) is 2.22. The van der Waals surface area contributed by atoms with E-state index in [4.69, 9.17) is 0 Å². The van der Waals surface area contributed by atoms with Gasteiger partial charge in [-0.2, -0.15) is 0 Å². The topological polar surface area (TPSA) is 55.6 Å². The number of nitrogens with one attached hydrogen (secondary N) is 1. The highest BCUT2D eigenvalue weighted by Crippen LogP contribution is 2.19. The molecule has 1 aliphatic carbocycles. The van der Waals surface area contributed by atoms with Crippen molar-refractivity contribution < 1.29 is 0 Å². The highest BCUT2D eigenvalue weighted by atomic mass is 15.5. The molecular weight excluding hydrogens is 202 g/mol. The highest BCUT2D eigenvalue weighted by molar-refractivity contribution is 4.87. The van der Waals surface area contributed by atoms with Crippen LogP contribution in [0.3, 0.4) is 0 Å². The Morgan fingerprint density at radius 1 is 1.38 bits per heavy atom. The van der Waals surface area contributed by atoms with Crippen molar-refractivity contribution in [3.8, 4) is 0 Å². The Hall–Kier alpha value is -0.970. The average Bonchev–Trinajstić information content (AvgIpc) is 2.97. The minimum atomic E-state index is 0.600. The predicted octanol–water partition coefficient (Wildman–Crippen LogP) is 1.22. The second-order valence-corrected chi connectivity index (χ2v) is 5.15. The van der Waals surface area contributed by atoms with E-state index in [0.717, 1.165) is 18.9 Å². The smallest absolute Gasteiger partial charge is 0.165 e. The Labute approximate surface area is 96.6 Å². The van der Waals surface area contributed by atoms with E-state index in [1.807, 2.05) is 4.68 Å². The lowest BCUT2D eigenvalue weighted by atomic mass is 9.98. The summed E-state index contributed by atoms with van der Waals surface area (Å²) in [5.41, 5.74) is 0. The molecule has 1 aromatic heterocycles. The maximum Gasteiger partial charge on any atom is 0.165 e. The zero-order chi connectivity index (χ0) is 11.5. The van der Waals surface area contributed by atoms with E-state index in [1.54, 1.807) is 0 Å². The normalized spacial score (nSPS) is 18.0. The minimum absolute atomic E-state index is 0.600. The Morgan fingerprint density at radius 2 is 2.12 bits per heavy atom. The molecule has 0 amide bonds. The number of hydrogen-bond acceptors (Lipinski definition) is 4. The minimum Gasteiger partial charge on any atom is -0.307 e. The largest absolute Gasteiger partial charge is 0.307 e. The Morgan fingerprint density at radius 3 is 2.75 bits per heavy atom. The number of rotatable bonds is 6. The first-order valence-corrected chi connectivity index (χ1v) is 6.15. The first kappa shape index (κ1) is 11.5. The van der Waals surface area contributed by atoms with Crippen LogP contribution in [0.4, 0.5) is 0 Å². The van der Waals surface area contributed by atoms with Gasteiger partial charge in [-0.15, -0.1) is 5.10 Å². The van der Waals surface area contributed by atoms with Gasteiger partial charge in [-0.1, -0.05) is 20.8 Å². The van der Waals surface area contributed by atoms with E-state index in [2.05, 4.69) is 41.6 Å². The summed E-state index contributed by atoms with van der Waals surface area (Å²) >= 11 is 0. The van der Waals surface area contributed by atoms with E-state index >= 15 is 0 Å².